The molecule has 0 amide bonds. The van der Waals surface area contributed by atoms with E-state index < -0.39 is 0 Å². The topological polar surface area (TPSA) is 36.7 Å². The molecule has 0 radical (unpaired) electrons. The van der Waals surface area contributed by atoms with Crippen LogP contribution in [0.15, 0.2) is 24.3 Å². The van der Waals surface area contributed by atoms with Crippen molar-refractivity contribution in [3.63, 3.8) is 0 Å². The fourth-order valence-corrected chi connectivity index (χ4v) is 2.99. The van der Waals surface area contributed by atoms with Crippen molar-refractivity contribution in [1.82, 2.24) is 4.98 Å². The van der Waals surface area contributed by atoms with Crippen molar-refractivity contribution >= 4 is 11.3 Å². The van der Waals surface area contributed by atoms with E-state index in [1.165, 1.54) is 5.56 Å². The third-order valence-electron chi connectivity index (χ3n) is 2.81. The molecule has 18 heavy (non-hydrogen) atoms. The minimum atomic E-state index is 0.365. The highest BCUT2D eigenvalue weighted by atomic mass is 32.1. The number of hydrogen-bond donors (Lipinski definition) is 0. The van der Waals surface area contributed by atoms with E-state index in [9.17, 15) is 0 Å². The molecule has 0 fully saturated rings. The van der Waals surface area contributed by atoms with E-state index >= 15 is 0 Å². The molecule has 0 unspecified atom stereocenters. The van der Waals surface area contributed by atoms with Crippen LogP contribution in [-0.4, -0.2) is 4.98 Å². The second-order valence-electron chi connectivity index (χ2n) is 4.68. The Labute approximate surface area is 112 Å². The summed E-state index contributed by atoms with van der Waals surface area (Å²) in [5, 5.41) is 9.89. The molecule has 0 bridgehead atoms. The van der Waals surface area contributed by atoms with Gasteiger partial charge in [-0.1, -0.05) is 43.7 Å². The Hall–Kier alpha value is -1.66. The second kappa shape index (κ2) is 5.32. The van der Waals surface area contributed by atoms with Gasteiger partial charge in [0.25, 0.3) is 0 Å². The van der Waals surface area contributed by atoms with Crippen LogP contribution in [0.25, 0.3) is 10.6 Å². The van der Waals surface area contributed by atoms with Crippen molar-refractivity contribution in [2.75, 3.05) is 0 Å². The van der Waals surface area contributed by atoms with E-state index in [2.05, 4.69) is 51.1 Å². The predicted molar refractivity (Wildman–Crippen MR) is 75.7 cm³/mol. The average Bonchev–Trinajstić information content (AvgIpc) is 2.75. The van der Waals surface area contributed by atoms with Crippen LogP contribution in [0.5, 0.6) is 0 Å². The molecule has 1 heterocycles. The summed E-state index contributed by atoms with van der Waals surface area (Å²) in [7, 11) is 0. The number of benzene rings is 1. The highest BCUT2D eigenvalue weighted by molar-refractivity contribution is 7.15. The van der Waals surface area contributed by atoms with Gasteiger partial charge in [0.05, 0.1) is 18.2 Å². The van der Waals surface area contributed by atoms with Gasteiger partial charge >= 0.3 is 0 Å². The van der Waals surface area contributed by atoms with Crippen molar-refractivity contribution in [3.8, 4) is 16.6 Å². The average molecular weight is 256 g/mol. The molecular formula is C15H16N2S. The number of aryl methyl sites for hydroxylation is 1. The molecule has 2 nitrogen and oxygen atoms in total. The van der Waals surface area contributed by atoms with Gasteiger partial charge in [-0.25, -0.2) is 4.98 Å². The first-order valence-corrected chi connectivity index (χ1v) is 6.87. The van der Waals surface area contributed by atoms with E-state index in [4.69, 9.17) is 10.2 Å². The summed E-state index contributed by atoms with van der Waals surface area (Å²) in [5.74, 6) is 0.365. The van der Waals surface area contributed by atoms with Gasteiger partial charge in [0.15, 0.2) is 0 Å². The first-order valence-electron chi connectivity index (χ1n) is 6.05. The Bertz CT molecular complexity index is 574. The molecule has 0 aliphatic carbocycles. The largest absolute Gasteiger partial charge is 0.241 e. The van der Waals surface area contributed by atoms with E-state index in [-0.39, 0.29) is 0 Å². The molecule has 0 aliphatic rings. The fourth-order valence-electron chi connectivity index (χ4n) is 1.83. The number of aromatic nitrogens is 1. The van der Waals surface area contributed by atoms with Crippen LogP contribution in [0.4, 0.5) is 0 Å². The molecule has 3 heteroatoms. The molecule has 1 aromatic heterocycles. The standard InChI is InChI=1S/C15H16N2S/c1-10(2)14-13(8-9-16)18-15(17-14)12-6-4-11(3)5-7-12/h4-7,10H,8H2,1-3H3. The summed E-state index contributed by atoms with van der Waals surface area (Å²) < 4.78 is 0. The zero-order valence-electron chi connectivity index (χ0n) is 10.9. The van der Waals surface area contributed by atoms with E-state index in [1.54, 1.807) is 11.3 Å². The first-order chi connectivity index (χ1) is 8.61. The fraction of sp³-hybridized carbons (Fsp3) is 0.333. The third-order valence-corrected chi connectivity index (χ3v) is 3.93. The monoisotopic (exact) mass is 256 g/mol. The number of rotatable bonds is 3. The lowest BCUT2D eigenvalue weighted by molar-refractivity contribution is 0.822. The first kappa shape index (κ1) is 12.8. The summed E-state index contributed by atoms with van der Waals surface area (Å²) in [6, 6.07) is 10.6. The summed E-state index contributed by atoms with van der Waals surface area (Å²) in [6.45, 7) is 6.32. The molecule has 0 N–H and O–H groups in total. The van der Waals surface area contributed by atoms with Gasteiger partial charge in [0.1, 0.15) is 5.01 Å². The zero-order valence-corrected chi connectivity index (χ0v) is 11.7. The third kappa shape index (κ3) is 2.60. The second-order valence-corrected chi connectivity index (χ2v) is 5.77. The Kier molecular flexibility index (Phi) is 3.78. The highest BCUT2D eigenvalue weighted by Gasteiger charge is 2.14. The van der Waals surface area contributed by atoms with Gasteiger partial charge in [0, 0.05) is 10.4 Å². The smallest absolute Gasteiger partial charge is 0.123 e. The van der Waals surface area contributed by atoms with Crippen molar-refractivity contribution in [2.45, 2.75) is 33.1 Å². The van der Waals surface area contributed by atoms with Crippen molar-refractivity contribution < 1.29 is 0 Å². The number of thiazole rings is 1. The van der Waals surface area contributed by atoms with E-state index in [0.717, 1.165) is 21.1 Å². The minimum absolute atomic E-state index is 0.365. The Morgan fingerprint density at radius 1 is 1.28 bits per heavy atom. The van der Waals surface area contributed by atoms with Gasteiger partial charge < -0.3 is 0 Å². The lowest BCUT2D eigenvalue weighted by Gasteiger charge is -2.01. The molecule has 0 saturated heterocycles. The molecule has 92 valence electrons. The Morgan fingerprint density at radius 3 is 2.50 bits per heavy atom. The minimum Gasteiger partial charge on any atom is -0.241 e. The van der Waals surface area contributed by atoms with Crippen LogP contribution in [0, 0.1) is 18.3 Å². The van der Waals surface area contributed by atoms with Crippen LogP contribution in [0.1, 0.15) is 35.9 Å². The normalized spacial score (nSPS) is 10.6. The number of nitriles is 1. The van der Waals surface area contributed by atoms with Crippen LogP contribution in [0.3, 0.4) is 0 Å². The van der Waals surface area contributed by atoms with Crippen LogP contribution >= 0.6 is 11.3 Å². The van der Waals surface area contributed by atoms with Gasteiger partial charge in [-0.3, -0.25) is 0 Å². The molecule has 2 rings (SSSR count). The maximum absolute atomic E-state index is 8.87. The maximum Gasteiger partial charge on any atom is 0.123 e. The Morgan fingerprint density at radius 2 is 1.94 bits per heavy atom. The molecule has 0 atom stereocenters. The molecule has 2 aromatic rings. The lowest BCUT2D eigenvalue weighted by Crippen LogP contribution is -1.92. The SMILES string of the molecule is Cc1ccc(-c2nc(C(C)C)c(CC#N)s2)cc1. The Balaban J connectivity index is 2.43. The van der Waals surface area contributed by atoms with Gasteiger partial charge in [-0.05, 0) is 12.8 Å². The van der Waals surface area contributed by atoms with Crippen LogP contribution in [0.2, 0.25) is 0 Å². The summed E-state index contributed by atoms with van der Waals surface area (Å²) in [4.78, 5) is 5.80. The summed E-state index contributed by atoms with van der Waals surface area (Å²) in [5.41, 5.74) is 3.45. The van der Waals surface area contributed by atoms with Gasteiger partial charge in [-0.2, -0.15) is 5.26 Å². The quantitative estimate of drug-likeness (QED) is 0.820. The maximum atomic E-state index is 8.87. The van der Waals surface area contributed by atoms with Gasteiger partial charge in [-0.15, -0.1) is 11.3 Å². The number of nitrogens with zero attached hydrogens (tertiary/aromatic N) is 2. The van der Waals surface area contributed by atoms with E-state index in [0.29, 0.717) is 12.3 Å². The molecular weight excluding hydrogens is 240 g/mol. The molecule has 1 aromatic carbocycles. The summed E-state index contributed by atoms with van der Waals surface area (Å²) >= 11 is 1.64. The highest BCUT2D eigenvalue weighted by Crippen LogP contribution is 2.32. The van der Waals surface area contributed by atoms with Crippen molar-refractivity contribution in [1.29, 1.82) is 5.26 Å². The van der Waals surface area contributed by atoms with Crippen LogP contribution < -0.4 is 0 Å². The van der Waals surface area contributed by atoms with Crippen LogP contribution in [-0.2, 0) is 6.42 Å². The summed E-state index contributed by atoms with van der Waals surface area (Å²) in [6.07, 6.45) is 0.455. The predicted octanol–water partition coefficient (Wildman–Crippen LogP) is 4.31. The van der Waals surface area contributed by atoms with Gasteiger partial charge in [0.2, 0.25) is 0 Å². The molecule has 0 spiro atoms. The molecule has 0 aliphatic heterocycles. The van der Waals surface area contributed by atoms with Crippen molar-refractivity contribution in [3.05, 3.63) is 40.4 Å². The van der Waals surface area contributed by atoms with Crippen molar-refractivity contribution in [2.24, 2.45) is 0 Å². The van der Waals surface area contributed by atoms with E-state index in [1.807, 2.05) is 0 Å². The lowest BCUT2D eigenvalue weighted by atomic mass is 10.1. The molecule has 0 saturated carbocycles. The zero-order chi connectivity index (χ0) is 13.1. The number of hydrogen-bond acceptors (Lipinski definition) is 3.